The maximum atomic E-state index is 5.89. The number of rotatable bonds is 4. The van der Waals surface area contributed by atoms with E-state index in [4.69, 9.17) is 16.3 Å². The summed E-state index contributed by atoms with van der Waals surface area (Å²) < 4.78 is 9.46. The fourth-order valence-corrected chi connectivity index (χ4v) is 1.16. The lowest BCUT2D eigenvalue weighted by molar-refractivity contribution is 0.380. The molecule has 8 heteroatoms. The fourth-order valence-electron chi connectivity index (χ4n) is 1.01. The van der Waals surface area contributed by atoms with Gasteiger partial charge in [-0.15, -0.1) is 0 Å². The molecule has 0 unspecified atom stereocenters. The van der Waals surface area contributed by atoms with Crippen molar-refractivity contribution in [3.63, 3.8) is 0 Å². The zero-order chi connectivity index (χ0) is 11.4. The Kier molecular flexibility index (Phi) is 3.16. The highest BCUT2D eigenvalue weighted by Crippen LogP contribution is 2.20. The van der Waals surface area contributed by atoms with Crippen LogP contribution in [-0.4, -0.2) is 27.2 Å². The topological polar surface area (TPSA) is 86.0 Å². The standard InChI is InChI=1S/C8H8ClN5O2/c1-15-8-11-2-5(9)7(13-8)10-3-6-12-4-16-14-6/h2,4H,3H2,1H3,(H,10,11,13). The lowest BCUT2D eigenvalue weighted by Crippen LogP contribution is -2.05. The molecule has 2 aromatic rings. The second-order valence-electron chi connectivity index (χ2n) is 2.75. The first-order chi connectivity index (χ1) is 7.79. The van der Waals surface area contributed by atoms with Gasteiger partial charge in [-0.1, -0.05) is 16.8 Å². The molecule has 0 atom stereocenters. The molecule has 7 nitrogen and oxygen atoms in total. The van der Waals surface area contributed by atoms with Crippen LogP contribution in [0.2, 0.25) is 5.02 Å². The summed E-state index contributed by atoms with van der Waals surface area (Å²) in [6.07, 6.45) is 2.70. The largest absolute Gasteiger partial charge is 0.467 e. The van der Waals surface area contributed by atoms with E-state index in [2.05, 4.69) is 29.9 Å². The Morgan fingerprint density at radius 2 is 2.38 bits per heavy atom. The zero-order valence-corrected chi connectivity index (χ0v) is 9.10. The number of anilines is 1. The predicted octanol–water partition coefficient (Wildman–Crippen LogP) is 1.13. The molecular weight excluding hydrogens is 234 g/mol. The van der Waals surface area contributed by atoms with Crippen molar-refractivity contribution in [1.82, 2.24) is 20.1 Å². The lowest BCUT2D eigenvalue weighted by atomic mass is 10.5. The van der Waals surface area contributed by atoms with E-state index in [0.717, 1.165) is 0 Å². The molecule has 0 saturated heterocycles. The van der Waals surface area contributed by atoms with Gasteiger partial charge in [-0.25, -0.2) is 4.98 Å². The highest BCUT2D eigenvalue weighted by Gasteiger charge is 2.06. The summed E-state index contributed by atoms with van der Waals surface area (Å²) >= 11 is 5.89. The van der Waals surface area contributed by atoms with Crippen molar-refractivity contribution in [1.29, 1.82) is 0 Å². The van der Waals surface area contributed by atoms with Gasteiger partial charge >= 0.3 is 6.01 Å². The molecule has 0 radical (unpaired) electrons. The molecule has 16 heavy (non-hydrogen) atoms. The smallest absolute Gasteiger partial charge is 0.318 e. The molecule has 1 N–H and O–H groups in total. The number of hydrogen-bond acceptors (Lipinski definition) is 7. The van der Waals surface area contributed by atoms with Crippen LogP contribution in [-0.2, 0) is 6.54 Å². The molecule has 0 aliphatic rings. The van der Waals surface area contributed by atoms with Crippen LogP contribution in [0.5, 0.6) is 6.01 Å². The van der Waals surface area contributed by atoms with Crippen LogP contribution in [0.4, 0.5) is 5.82 Å². The first-order valence-corrected chi connectivity index (χ1v) is 4.73. The van der Waals surface area contributed by atoms with Crippen LogP contribution in [0, 0.1) is 0 Å². The van der Waals surface area contributed by atoms with E-state index in [1.807, 2.05) is 0 Å². The molecule has 0 aliphatic carbocycles. The van der Waals surface area contributed by atoms with E-state index in [1.165, 1.54) is 19.7 Å². The lowest BCUT2D eigenvalue weighted by Gasteiger charge is -2.05. The highest BCUT2D eigenvalue weighted by molar-refractivity contribution is 6.32. The average molecular weight is 242 g/mol. The van der Waals surface area contributed by atoms with Gasteiger partial charge in [-0.05, 0) is 0 Å². The molecular formula is C8H8ClN5O2. The number of nitrogens with one attached hydrogen (secondary N) is 1. The van der Waals surface area contributed by atoms with E-state index >= 15 is 0 Å². The van der Waals surface area contributed by atoms with E-state index in [-0.39, 0.29) is 6.01 Å². The first kappa shape index (κ1) is 10.6. The van der Waals surface area contributed by atoms with Gasteiger partial charge in [-0.2, -0.15) is 9.97 Å². The number of methoxy groups -OCH3 is 1. The second kappa shape index (κ2) is 4.75. The first-order valence-electron chi connectivity index (χ1n) is 4.35. The monoisotopic (exact) mass is 241 g/mol. The van der Waals surface area contributed by atoms with Gasteiger partial charge in [0.15, 0.2) is 11.6 Å². The molecule has 2 rings (SSSR count). The van der Waals surface area contributed by atoms with Crippen LogP contribution in [0.25, 0.3) is 0 Å². The van der Waals surface area contributed by atoms with Gasteiger partial charge in [0.25, 0.3) is 0 Å². The van der Waals surface area contributed by atoms with Gasteiger partial charge in [0.1, 0.15) is 5.02 Å². The minimum Gasteiger partial charge on any atom is -0.467 e. The molecule has 2 heterocycles. The van der Waals surface area contributed by atoms with Crippen molar-refractivity contribution >= 4 is 17.4 Å². The number of hydrogen-bond donors (Lipinski definition) is 1. The molecule has 0 saturated carbocycles. The third kappa shape index (κ3) is 2.37. The normalized spacial score (nSPS) is 10.1. The van der Waals surface area contributed by atoms with E-state index in [9.17, 15) is 0 Å². The summed E-state index contributed by atoms with van der Waals surface area (Å²) in [6.45, 7) is 0.358. The van der Waals surface area contributed by atoms with Crippen LogP contribution in [0.15, 0.2) is 17.1 Å². The number of halogens is 1. The minimum atomic E-state index is 0.236. The van der Waals surface area contributed by atoms with Crippen LogP contribution >= 0.6 is 11.6 Å². The van der Waals surface area contributed by atoms with Gasteiger partial charge in [0, 0.05) is 0 Å². The number of nitrogens with zero attached hydrogens (tertiary/aromatic N) is 4. The predicted molar refractivity (Wildman–Crippen MR) is 55.2 cm³/mol. The van der Waals surface area contributed by atoms with Crippen molar-refractivity contribution < 1.29 is 9.26 Å². The van der Waals surface area contributed by atoms with Gasteiger partial charge in [0.05, 0.1) is 19.9 Å². The Morgan fingerprint density at radius 3 is 3.06 bits per heavy atom. The Labute approximate surface area is 95.8 Å². The second-order valence-corrected chi connectivity index (χ2v) is 3.16. The van der Waals surface area contributed by atoms with Crippen molar-refractivity contribution in [3.05, 3.63) is 23.4 Å². The summed E-state index contributed by atoms with van der Waals surface area (Å²) in [4.78, 5) is 11.7. The molecule has 0 aliphatic heterocycles. The Balaban J connectivity index is 2.08. The fraction of sp³-hybridized carbons (Fsp3) is 0.250. The maximum Gasteiger partial charge on any atom is 0.318 e. The van der Waals surface area contributed by atoms with Crippen LogP contribution in [0.3, 0.4) is 0 Å². The summed E-state index contributed by atoms with van der Waals surface area (Å²) in [6, 6.07) is 0.236. The maximum absolute atomic E-state index is 5.89. The number of ether oxygens (including phenoxy) is 1. The Morgan fingerprint density at radius 1 is 1.50 bits per heavy atom. The van der Waals surface area contributed by atoms with Crippen molar-refractivity contribution in [2.75, 3.05) is 12.4 Å². The third-order valence-electron chi connectivity index (χ3n) is 1.73. The molecule has 0 spiro atoms. The summed E-state index contributed by atoms with van der Waals surface area (Å²) in [5, 5.41) is 6.97. The highest BCUT2D eigenvalue weighted by atomic mass is 35.5. The number of aromatic nitrogens is 4. The van der Waals surface area contributed by atoms with E-state index in [0.29, 0.717) is 23.2 Å². The molecule has 0 aromatic carbocycles. The van der Waals surface area contributed by atoms with Gasteiger partial charge in [0.2, 0.25) is 6.39 Å². The van der Waals surface area contributed by atoms with E-state index < -0.39 is 0 Å². The summed E-state index contributed by atoms with van der Waals surface area (Å²) in [7, 11) is 1.48. The Bertz CT molecular complexity index is 461. The van der Waals surface area contributed by atoms with Gasteiger partial charge in [-0.3, -0.25) is 0 Å². The minimum absolute atomic E-state index is 0.236. The Hall–Kier alpha value is -1.89. The van der Waals surface area contributed by atoms with Crippen molar-refractivity contribution in [3.8, 4) is 6.01 Å². The summed E-state index contributed by atoms with van der Waals surface area (Å²) in [5.41, 5.74) is 0. The van der Waals surface area contributed by atoms with E-state index in [1.54, 1.807) is 0 Å². The van der Waals surface area contributed by atoms with Crippen LogP contribution < -0.4 is 10.1 Å². The summed E-state index contributed by atoms with van der Waals surface area (Å²) in [5.74, 6) is 0.965. The zero-order valence-electron chi connectivity index (χ0n) is 8.35. The third-order valence-corrected chi connectivity index (χ3v) is 2.00. The van der Waals surface area contributed by atoms with Gasteiger partial charge < -0.3 is 14.6 Å². The molecule has 2 aromatic heterocycles. The molecule has 0 bridgehead atoms. The average Bonchev–Trinajstić information content (AvgIpc) is 2.81. The molecule has 0 amide bonds. The quantitative estimate of drug-likeness (QED) is 0.859. The van der Waals surface area contributed by atoms with Crippen LogP contribution in [0.1, 0.15) is 5.82 Å². The van der Waals surface area contributed by atoms with Crippen molar-refractivity contribution in [2.24, 2.45) is 0 Å². The molecule has 0 fully saturated rings. The SMILES string of the molecule is COc1ncc(Cl)c(NCc2ncon2)n1. The van der Waals surface area contributed by atoms with Crippen molar-refractivity contribution in [2.45, 2.75) is 6.54 Å². The molecule has 84 valence electrons.